The number of hydrogen-bond acceptors (Lipinski definition) is 5. The summed E-state index contributed by atoms with van der Waals surface area (Å²) < 4.78 is 7.53. The molecule has 0 radical (unpaired) electrons. The number of nitrogens with zero attached hydrogens (tertiary/aromatic N) is 3. The molecule has 1 aromatic heterocycles. The van der Waals surface area contributed by atoms with Crippen LogP contribution in [0.2, 0.25) is 0 Å². The minimum atomic E-state index is -0.870. The van der Waals surface area contributed by atoms with Crippen molar-refractivity contribution >= 4 is 17.8 Å². The molecule has 2 N–H and O–H groups in total. The number of hydrogen-bond donors (Lipinski definition) is 2. The van der Waals surface area contributed by atoms with Crippen LogP contribution < -0.4 is 15.5 Å². The third-order valence-electron chi connectivity index (χ3n) is 5.49. The number of hydrazine groups is 1. The molecule has 1 aliphatic heterocycles. The minimum absolute atomic E-state index is 0.305. The maximum absolute atomic E-state index is 12.7. The Labute approximate surface area is 168 Å². The zero-order chi connectivity index (χ0) is 20.4. The third kappa shape index (κ3) is 3.67. The van der Waals surface area contributed by atoms with Crippen LogP contribution in [0.5, 0.6) is 5.75 Å². The second-order valence-electron chi connectivity index (χ2n) is 7.42. The number of carbonyl (C=O) groups excluding carboxylic acids is 3. The monoisotopic (exact) mass is 397 g/mol. The largest absolute Gasteiger partial charge is 0.486 e. The van der Waals surface area contributed by atoms with Crippen molar-refractivity contribution in [2.75, 3.05) is 0 Å². The molecule has 0 unspecified atom stereocenters. The molecule has 2 aromatic rings. The number of carbonyl (C=O) groups is 3. The number of aromatic nitrogens is 2. The maximum Gasteiger partial charge on any atom is 0.344 e. The zero-order valence-corrected chi connectivity index (χ0v) is 16.2. The van der Waals surface area contributed by atoms with Gasteiger partial charge in [-0.15, -0.1) is 0 Å². The molecule has 1 aromatic carbocycles. The number of aryl methyl sites for hydroxylation is 1. The van der Waals surface area contributed by atoms with Crippen LogP contribution in [-0.4, -0.2) is 37.9 Å². The average Bonchev–Trinajstić information content (AvgIpc) is 3.23. The van der Waals surface area contributed by atoms with Gasteiger partial charge in [-0.25, -0.2) is 9.78 Å². The van der Waals surface area contributed by atoms with E-state index in [4.69, 9.17) is 4.74 Å². The lowest BCUT2D eigenvalue weighted by Crippen LogP contribution is -2.50. The summed E-state index contributed by atoms with van der Waals surface area (Å²) >= 11 is 0. The molecule has 152 valence electrons. The SMILES string of the molecule is Cn1ccnc1COc1ccc(C(=O)NN2C(=O)NC3(CCCCC3)C2=O)cc1. The van der Waals surface area contributed by atoms with Gasteiger partial charge in [0, 0.05) is 25.0 Å². The highest BCUT2D eigenvalue weighted by Gasteiger charge is 2.52. The molecule has 1 aliphatic carbocycles. The molecule has 0 bridgehead atoms. The van der Waals surface area contributed by atoms with Crippen LogP contribution in [0.4, 0.5) is 4.79 Å². The Kier molecular flexibility index (Phi) is 4.96. The van der Waals surface area contributed by atoms with Gasteiger partial charge in [-0.3, -0.25) is 15.0 Å². The standard InChI is InChI=1S/C20H23N5O4/c1-24-12-11-21-16(24)13-29-15-7-5-14(6-8-15)17(26)23-25-18(27)20(22-19(25)28)9-3-2-4-10-20/h5-8,11-12H,2-4,9-10,13H2,1H3,(H,22,28)(H,23,26). The first-order valence-corrected chi connectivity index (χ1v) is 9.65. The van der Waals surface area contributed by atoms with Crippen molar-refractivity contribution in [1.82, 2.24) is 25.3 Å². The van der Waals surface area contributed by atoms with Crippen LogP contribution in [0.15, 0.2) is 36.7 Å². The van der Waals surface area contributed by atoms with Crippen molar-refractivity contribution < 1.29 is 19.1 Å². The molecule has 9 heteroatoms. The van der Waals surface area contributed by atoms with Crippen LogP contribution >= 0.6 is 0 Å². The van der Waals surface area contributed by atoms with Crippen LogP contribution in [0.25, 0.3) is 0 Å². The fourth-order valence-corrected chi connectivity index (χ4v) is 3.77. The Bertz CT molecular complexity index is 931. The van der Waals surface area contributed by atoms with E-state index in [0.717, 1.165) is 30.1 Å². The highest BCUT2D eigenvalue weighted by Crippen LogP contribution is 2.33. The Hall–Kier alpha value is -3.36. The molecule has 2 heterocycles. The van der Waals surface area contributed by atoms with Gasteiger partial charge in [0.05, 0.1) is 0 Å². The maximum atomic E-state index is 12.7. The number of rotatable bonds is 5. The number of benzene rings is 1. The summed E-state index contributed by atoms with van der Waals surface area (Å²) in [6.07, 6.45) is 7.55. The molecule has 1 spiro atoms. The van der Waals surface area contributed by atoms with E-state index in [0.29, 0.717) is 30.8 Å². The molecule has 2 fully saturated rings. The molecule has 1 saturated carbocycles. The molecule has 4 rings (SSSR count). The zero-order valence-electron chi connectivity index (χ0n) is 16.2. The Balaban J connectivity index is 1.37. The fourth-order valence-electron chi connectivity index (χ4n) is 3.77. The molecule has 9 nitrogen and oxygen atoms in total. The lowest BCUT2D eigenvalue weighted by molar-refractivity contribution is -0.134. The first-order chi connectivity index (χ1) is 14.0. The van der Waals surface area contributed by atoms with Gasteiger partial charge in [0.15, 0.2) is 0 Å². The van der Waals surface area contributed by atoms with Gasteiger partial charge in [-0.05, 0) is 37.1 Å². The highest BCUT2D eigenvalue weighted by atomic mass is 16.5. The van der Waals surface area contributed by atoms with Gasteiger partial charge in [-0.1, -0.05) is 19.3 Å². The number of amides is 4. The summed E-state index contributed by atoms with van der Waals surface area (Å²) in [6.45, 7) is 0.305. The predicted octanol–water partition coefficient (Wildman–Crippen LogP) is 1.90. The predicted molar refractivity (Wildman–Crippen MR) is 103 cm³/mol. The van der Waals surface area contributed by atoms with E-state index in [2.05, 4.69) is 15.7 Å². The van der Waals surface area contributed by atoms with Crippen LogP contribution in [0.3, 0.4) is 0 Å². The van der Waals surface area contributed by atoms with Gasteiger partial charge < -0.3 is 14.6 Å². The summed E-state index contributed by atoms with van der Waals surface area (Å²) in [5, 5.41) is 3.57. The van der Waals surface area contributed by atoms with Crippen LogP contribution in [-0.2, 0) is 18.4 Å². The first kappa shape index (κ1) is 19.0. The highest BCUT2D eigenvalue weighted by molar-refractivity contribution is 6.09. The smallest absolute Gasteiger partial charge is 0.344 e. The first-order valence-electron chi connectivity index (χ1n) is 9.65. The van der Waals surface area contributed by atoms with E-state index in [1.165, 1.54) is 0 Å². The summed E-state index contributed by atoms with van der Waals surface area (Å²) in [5.74, 6) is 0.449. The lowest BCUT2D eigenvalue weighted by atomic mass is 9.82. The molecular weight excluding hydrogens is 374 g/mol. The summed E-state index contributed by atoms with van der Waals surface area (Å²) in [6, 6.07) is 5.90. The van der Waals surface area contributed by atoms with Crippen molar-refractivity contribution in [2.45, 2.75) is 44.2 Å². The molecule has 0 atom stereocenters. The Morgan fingerprint density at radius 2 is 1.93 bits per heavy atom. The Morgan fingerprint density at radius 3 is 2.59 bits per heavy atom. The fraction of sp³-hybridized carbons (Fsp3) is 0.400. The normalized spacial score (nSPS) is 18.0. The topological polar surface area (TPSA) is 106 Å². The minimum Gasteiger partial charge on any atom is -0.486 e. The molecule has 29 heavy (non-hydrogen) atoms. The summed E-state index contributed by atoms with van der Waals surface area (Å²) in [4.78, 5) is 41.7. The number of imide groups is 1. The van der Waals surface area contributed by atoms with Crippen LogP contribution in [0.1, 0.15) is 48.3 Å². The molecule has 2 aliphatic rings. The van der Waals surface area contributed by atoms with Crippen molar-refractivity contribution in [3.8, 4) is 5.75 Å². The van der Waals surface area contributed by atoms with E-state index in [-0.39, 0.29) is 5.91 Å². The van der Waals surface area contributed by atoms with E-state index in [9.17, 15) is 14.4 Å². The van der Waals surface area contributed by atoms with E-state index in [1.54, 1.807) is 30.5 Å². The van der Waals surface area contributed by atoms with E-state index >= 15 is 0 Å². The summed E-state index contributed by atoms with van der Waals surface area (Å²) in [5.41, 5.74) is 1.88. The van der Waals surface area contributed by atoms with Gasteiger partial charge >= 0.3 is 6.03 Å². The second-order valence-corrected chi connectivity index (χ2v) is 7.42. The number of ether oxygens (including phenoxy) is 1. The van der Waals surface area contributed by atoms with Crippen molar-refractivity contribution in [3.63, 3.8) is 0 Å². The summed E-state index contributed by atoms with van der Waals surface area (Å²) in [7, 11) is 1.88. The van der Waals surface area contributed by atoms with Crippen molar-refractivity contribution in [1.29, 1.82) is 0 Å². The number of urea groups is 1. The van der Waals surface area contributed by atoms with E-state index in [1.807, 2.05) is 17.8 Å². The second kappa shape index (κ2) is 7.57. The van der Waals surface area contributed by atoms with Crippen molar-refractivity contribution in [3.05, 3.63) is 48.0 Å². The average molecular weight is 397 g/mol. The Morgan fingerprint density at radius 1 is 1.21 bits per heavy atom. The lowest BCUT2D eigenvalue weighted by Gasteiger charge is -2.30. The van der Waals surface area contributed by atoms with Gasteiger partial charge in [0.25, 0.3) is 11.8 Å². The molecule has 4 amide bonds. The number of nitrogens with one attached hydrogen (secondary N) is 2. The van der Waals surface area contributed by atoms with Crippen molar-refractivity contribution in [2.24, 2.45) is 7.05 Å². The van der Waals surface area contributed by atoms with Gasteiger partial charge in [0.2, 0.25) is 0 Å². The third-order valence-corrected chi connectivity index (χ3v) is 5.49. The quantitative estimate of drug-likeness (QED) is 0.750. The van der Waals surface area contributed by atoms with Gasteiger partial charge in [-0.2, -0.15) is 5.01 Å². The van der Waals surface area contributed by atoms with Crippen LogP contribution in [0, 0.1) is 0 Å². The molecular formula is C20H23N5O4. The number of imidazole rings is 1. The van der Waals surface area contributed by atoms with Gasteiger partial charge in [0.1, 0.15) is 23.7 Å². The molecule has 1 saturated heterocycles. The van der Waals surface area contributed by atoms with E-state index < -0.39 is 17.5 Å².